The fourth-order valence-corrected chi connectivity index (χ4v) is 2.65. The Morgan fingerprint density at radius 2 is 2.10 bits per heavy atom. The second-order valence-corrected chi connectivity index (χ2v) is 5.28. The number of hydrogen-bond donors (Lipinski definition) is 2. The first-order chi connectivity index (χ1) is 10.2. The van der Waals surface area contributed by atoms with Crippen LogP contribution in [0.25, 0.3) is 0 Å². The number of amides is 1. The number of ether oxygens (including phenoxy) is 1. The maximum absolute atomic E-state index is 12.5. The Kier molecular flexibility index (Phi) is 5.16. The molecule has 1 heterocycles. The molecular weight excluding hydrogens is 270 g/mol. The number of hydrogen-bond acceptors (Lipinski definition) is 4. The number of benzene rings is 1. The highest BCUT2D eigenvalue weighted by atomic mass is 16.5. The van der Waals surface area contributed by atoms with E-state index in [1.807, 2.05) is 4.90 Å². The van der Waals surface area contributed by atoms with Gasteiger partial charge in [-0.1, -0.05) is 17.3 Å². The summed E-state index contributed by atoms with van der Waals surface area (Å²) in [6.45, 7) is 2.20. The second-order valence-electron chi connectivity index (χ2n) is 5.28. The number of oxime groups is 1. The zero-order valence-corrected chi connectivity index (χ0v) is 12.2. The Morgan fingerprint density at radius 3 is 2.71 bits per heavy atom. The van der Waals surface area contributed by atoms with Crippen LogP contribution in [-0.4, -0.2) is 48.7 Å². The average Bonchev–Trinajstić information content (AvgIpc) is 2.54. The van der Waals surface area contributed by atoms with Crippen molar-refractivity contribution < 1.29 is 14.7 Å². The molecule has 6 nitrogen and oxygen atoms in total. The van der Waals surface area contributed by atoms with Crippen molar-refractivity contribution >= 4 is 11.7 Å². The van der Waals surface area contributed by atoms with E-state index in [1.54, 1.807) is 31.4 Å². The van der Waals surface area contributed by atoms with Crippen molar-refractivity contribution in [2.24, 2.45) is 16.8 Å². The monoisotopic (exact) mass is 291 g/mol. The van der Waals surface area contributed by atoms with E-state index >= 15 is 0 Å². The SMILES string of the molecule is COCC1CCCN(C(=O)c2ccc(/C(N)=N/O)cc2)C1. The third-order valence-electron chi connectivity index (χ3n) is 3.74. The first-order valence-electron chi connectivity index (χ1n) is 7.02. The van der Waals surface area contributed by atoms with Crippen LogP contribution in [-0.2, 0) is 4.74 Å². The van der Waals surface area contributed by atoms with Crippen molar-refractivity contribution in [1.29, 1.82) is 0 Å². The van der Waals surface area contributed by atoms with Gasteiger partial charge in [-0.2, -0.15) is 0 Å². The highest BCUT2D eigenvalue weighted by Gasteiger charge is 2.24. The predicted molar refractivity (Wildman–Crippen MR) is 79.5 cm³/mol. The van der Waals surface area contributed by atoms with E-state index in [4.69, 9.17) is 15.7 Å². The quantitative estimate of drug-likeness (QED) is 0.378. The fourth-order valence-electron chi connectivity index (χ4n) is 2.65. The van der Waals surface area contributed by atoms with Crippen LogP contribution in [0.1, 0.15) is 28.8 Å². The van der Waals surface area contributed by atoms with E-state index in [0.29, 0.717) is 23.7 Å². The molecule has 2 rings (SSSR count). The average molecular weight is 291 g/mol. The Bertz CT molecular complexity index is 511. The predicted octanol–water partition coefficient (Wildman–Crippen LogP) is 1.28. The number of carbonyl (C=O) groups excluding carboxylic acids is 1. The van der Waals surface area contributed by atoms with E-state index in [1.165, 1.54) is 0 Å². The number of methoxy groups -OCH3 is 1. The van der Waals surface area contributed by atoms with Crippen molar-refractivity contribution in [2.75, 3.05) is 26.8 Å². The minimum atomic E-state index is 0.0156. The molecule has 1 atom stereocenters. The first kappa shape index (κ1) is 15.3. The molecule has 1 aliphatic rings. The molecule has 0 aliphatic carbocycles. The fraction of sp³-hybridized carbons (Fsp3) is 0.467. The van der Waals surface area contributed by atoms with Gasteiger partial charge >= 0.3 is 0 Å². The lowest BCUT2D eigenvalue weighted by atomic mass is 9.98. The van der Waals surface area contributed by atoms with E-state index in [-0.39, 0.29) is 11.7 Å². The minimum Gasteiger partial charge on any atom is -0.409 e. The molecule has 0 saturated carbocycles. The smallest absolute Gasteiger partial charge is 0.253 e. The zero-order chi connectivity index (χ0) is 15.2. The topological polar surface area (TPSA) is 88.2 Å². The number of nitrogens with zero attached hydrogens (tertiary/aromatic N) is 2. The van der Waals surface area contributed by atoms with Gasteiger partial charge in [-0.3, -0.25) is 4.79 Å². The van der Waals surface area contributed by atoms with E-state index < -0.39 is 0 Å². The molecule has 1 amide bonds. The summed E-state index contributed by atoms with van der Waals surface area (Å²) in [5.41, 5.74) is 6.71. The van der Waals surface area contributed by atoms with Gasteiger partial charge in [-0.25, -0.2) is 0 Å². The summed E-state index contributed by atoms with van der Waals surface area (Å²) in [4.78, 5) is 14.3. The third-order valence-corrected chi connectivity index (χ3v) is 3.74. The molecule has 6 heteroatoms. The van der Waals surface area contributed by atoms with Crippen LogP contribution in [0.2, 0.25) is 0 Å². The Hall–Kier alpha value is -2.08. The lowest BCUT2D eigenvalue weighted by Crippen LogP contribution is -2.41. The molecule has 0 bridgehead atoms. The van der Waals surface area contributed by atoms with E-state index in [0.717, 1.165) is 25.9 Å². The number of piperidine rings is 1. The Labute approximate surface area is 124 Å². The largest absolute Gasteiger partial charge is 0.409 e. The second kappa shape index (κ2) is 7.08. The lowest BCUT2D eigenvalue weighted by molar-refractivity contribution is 0.0571. The summed E-state index contributed by atoms with van der Waals surface area (Å²) in [5, 5.41) is 11.6. The number of carbonyl (C=O) groups is 1. The number of amidine groups is 1. The van der Waals surface area contributed by atoms with E-state index in [9.17, 15) is 4.79 Å². The number of likely N-dealkylation sites (tertiary alicyclic amines) is 1. The molecule has 3 N–H and O–H groups in total. The van der Waals surface area contributed by atoms with Gasteiger partial charge in [-0.15, -0.1) is 0 Å². The Morgan fingerprint density at radius 1 is 1.43 bits per heavy atom. The first-order valence-corrected chi connectivity index (χ1v) is 7.02. The van der Waals surface area contributed by atoms with Crippen LogP contribution in [0.3, 0.4) is 0 Å². The highest BCUT2D eigenvalue weighted by molar-refractivity contribution is 5.99. The normalized spacial score (nSPS) is 19.6. The number of rotatable bonds is 4. The molecule has 0 spiro atoms. The summed E-state index contributed by atoms with van der Waals surface area (Å²) in [6.07, 6.45) is 2.10. The lowest BCUT2D eigenvalue weighted by Gasteiger charge is -2.32. The van der Waals surface area contributed by atoms with Gasteiger partial charge < -0.3 is 20.6 Å². The molecule has 1 aromatic carbocycles. The third kappa shape index (κ3) is 3.72. The van der Waals surface area contributed by atoms with Crippen LogP contribution in [0.5, 0.6) is 0 Å². The van der Waals surface area contributed by atoms with Gasteiger partial charge in [0.1, 0.15) is 0 Å². The molecule has 0 radical (unpaired) electrons. The van der Waals surface area contributed by atoms with Gasteiger partial charge in [-0.05, 0) is 30.9 Å². The van der Waals surface area contributed by atoms with Crippen molar-refractivity contribution in [1.82, 2.24) is 4.90 Å². The Balaban J connectivity index is 2.05. The van der Waals surface area contributed by atoms with Gasteiger partial charge in [0.05, 0.1) is 6.61 Å². The van der Waals surface area contributed by atoms with Crippen molar-refractivity contribution in [3.05, 3.63) is 35.4 Å². The minimum absolute atomic E-state index is 0.0156. The summed E-state index contributed by atoms with van der Waals surface area (Å²) in [6, 6.07) is 6.77. The standard InChI is InChI=1S/C15H21N3O3/c1-21-10-11-3-2-8-18(9-11)15(19)13-6-4-12(5-7-13)14(16)17-20/h4-7,11,20H,2-3,8-10H2,1H3,(H2,16,17). The molecule has 1 aromatic rings. The van der Waals surface area contributed by atoms with Gasteiger partial charge in [0.25, 0.3) is 5.91 Å². The van der Waals surface area contributed by atoms with Gasteiger partial charge in [0.2, 0.25) is 0 Å². The molecule has 114 valence electrons. The van der Waals surface area contributed by atoms with E-state index in [2.05, 4.69) is 5.16 Å². The molecule has 1 saturated heterocycles. The summed E-state index contributed by atoms with van der Waals surface area (Å²) in [7, 11) is 1.69. The summed E-state index contributed by atoms with van der Waals surface area (Å²) >= 11 is 0. The van der Waals surface area contributed by atoms with Crippen molar-refractivity contribution in [3.63, 3.8) is 0 Å². The molecular formula is C15H21N3O3. The zero-order valence-electron chi connectivity index (χ0n) is 12.2. The van der Waals surface area contributed by atoms with Crippen LogP contribution in [0.15, 0.2) is 29.4 Å². The highest BCUT2D eigenvalue weighted by Crippen LogP contribution is 2.19. The summed E-state index contributed by atoms with van der Waals surface area (Å²) < 4.78 is 5.18. The molecule has 0 aromatic heterocycles. The van der Waals surface area contributed by atoms with Crippen LogP contribution in [0.4, 0.5) is 0 Å². The van der Waals surface area contributed by atoms with Gasteiger partial charge in [0.15, 0.2) is 5.84 Å². The maximum Gasteiger partial charge on any atom is 0.253 e. The van der Waals surface area contributed by atoms with Crippen molar-refractivity contribution in [2.45, 2.75) is 12.8 Å². The molecule has 21 heavy (non-hydrogen) atoms. The molecule has 1 unspecified atom stereocenters. The molecule has 1 aliphatic heterocycles. The summed E-state index contributed by atoms with van der Waals surface area (Å²) in [5.74, 6) is 0.457. The van der Waals surface area contributed by atoms with Crippen LogP contribution >= 0.6 is 0 Å². The number of nitrogens with two attached hydrogens (primary N) is 1. The van der Waals surface area contributed by atoms with Crippen molar-refractivity contribution in [3.8, 4) is 0 Å². The maximum atomic E-state index is 12.5. The molecule has 1 fully saturated rings. The van der Waals surface area contributed by atoms with Crippen LogP contribution in [0, 0.1) is 5.92 Å². The van der Waals surface area contributed by atoms with Crippen LogP contribution < -0.4 is 5.73 Å². The van der Waals surface area contributed by atoms with Gasteiger partial charge in [0, 0.05) is 31.3 Å².